The van der Waals surface area contributed by atoms with E-state index in [0.717, 1.165) is 6.42 Å². The summed E-state index contributed by atoms with van der Waals surface area (Å²) in [6.45, 7) is 3.88. The fourth-order valence-corrected chi connectivity index (χ4v) is 3.74. The summed E-state index contributed by atoms with van der Waals surface area (Å²) in [6.07, 6.45) is 3.78. The van der Waals surface area contributed by atoms with Crippen LogP contribution in [0.25, 0.3) is 0 Å². The highest BCUT2D eigenvalue weighted by atomic mass is 32.2. The number of thiazole rings is 1. The molecule has 6 heteroatoms. The third kappa shape index (κ3) is 3.46. The molecule has 0 aliphatic rings. The second-order valence-electron chi connectivity index (χ2n) is 3.30. The van der Waals surface area contributed by atoms with E-state index in [1.54, 1.807) is 11.6 Å². The van der Waals surface area contributed by atoms with E-state index in [9.17, 15) is 8.42 Å². The average molecular weight is 248 g/mol. The highest BCUT2D eigenvalue weighted by Crippen LogP contribution is 2.18. The van der Waals surface area contributed by atoms with Crippen LogP contribution in [-0.2, 0) is 10.0 Å². The molecule has 0 aliphatic carbocycles. The second kappa shape index (κ2) is 5.46. The van der Waals surface area contributed by atoms with Crippen LogP contribution in [0.2, 0.25) is 0 Å². The van der Waals surface area contributed by atoms with Crippen LogP contribution in [0.4, 0.5) is 5.13 Å². The van der Waals surface area contributed by atoms with Gasteiger partial charge in [-0.3, -0.25) is 4.72 Å². The first-order valence-corrected chi connectivity index (χ1v) is 7.43. The van der Waals surface area contributed by atoms with E-state index in [4.69, 9.17) is 0 Å². The van der Waals surface area contributed by atoms with Gasteiger partial charge in [0, 0.05) is 11.6 Å². The zero-order valence-electron chi connectivity index (χ0n) is 8.93. The van der Waals surface area contributed by atoms with E-state index in [0.29, 0.717) is 18.0 Å². The molecule has 0 aliphatic heterocycles. The Morgan fingerprint density at radius 3 is 2.73 bits per heavy atom. The van der Waals surface area contributed by atoms with Gasteiger partial charge < -0.3 is 0 Å². The lowest BCUT2D eigenvalue weighted by molar-refractivity contribution is 0.569. The molecule has 0 fully saturated rings. The topological polar surface area (TPSA) is 59.1 Å². The Kier molecular flexibility index (Phi) is 4.53. The lowest BCUT2D eigenvalue weighted by Crippen LogP contribution is -2.27. The summed E-state index contributed by atoms with van der Waals surface area (Å²) in [5, 5.41) is 1.88. The lowest BCUT2D eigenvalue weighted by Gasteiger charge is -2.14. The van der Waals surface area contributed by atoms with E-state index < -0.39 is 10.0 Å². The van der Waals surface area contributed by atoms with Gasteiger partial charge in [0.05, 0.1) is 5.25 Å². The van der Waals surface area contributed by atoms with Crippen molar-refractivity contribution in [3.63, 3.8) is 0 Å². The first kappa shape index (κ1) is 12.4. The minimum absolute atomic E-state index is 0.314. The molecule has 4 nitrogen and oxygen atoms in total. The van der Waals surface area contributed by atoms with Gasteiger partial charge in [0.1, 0.15) is 0 Å². The van der Waals surface area contributed by atoms with Crippen molar-refractivity contribution < 1.29 is 8.42 Å². The molecule has 0 saturated carbocycles. The fourth-order valence-electron chi connectivity index (χ4n) is 1.38. The maximum atomic E-state index is 11.9. The SMILES string of the molecule is CCCC(CC)S(=O)(=O)Nc1nccs1. The quantitative estimate of drug-likeness (QED) is 0.841. The first-order valence-electron chi connectivity index (χ1n) is 5.01. The van der Waals surface area contributed by atoms with Crippen LogP contribution >= 0.6 is 11.3 Å². The zero-order valence-corrected chi connectivity index (χ0v) is 10.6. The van der Waals surface area contributed by atoms with Gasteiger partial charge in [-0.05, 0) is 12.8 Å². The normalized spacial score (nSPS) is 13.7. The molecule has 15 heavy (non-hydrogen) atoms. The third-order valence-electron chi connectivity index (χ3n) is 2.17. The van der Waals surface area contributed by atoms with Gasteiger partial charge in [-0.1, -0.05) is 20.3 Å². The van der Waals surface area contributed by atoms with Gasteiger partial charge in [0.15, 0.2) is 5.13 Å². The Morgan fingerprint density at radius 2 is 2.27 bits per heavy atom. The minimum atomic E-state index is -3.26. The molecule has 1 atom stereocenters. The zero-order chi connectivity index (χ0) is 11.3. The van der Waals surface area contributed by atoms with Crippen molar-refractivity contribution in [2.24, 2.45) is 0 Å². The summed E-state index contributed by atoms with van der Waals surface area (Å²) in [4.78, 5) is 3.91. The highest BCUT2D eigenvalue weighted by Gasteiger charge is 2.23. The van der Waals surface area contributed by atoms with E-state index in [1.165, 1.54) is 11.3 Å². The Labute approximate surface area is 94.8 Å². The Balaban J connectivity index is 2.73. The molecule has 1 heterocycles. The summed E-state index contributed by atoms with van der Waals surface area (Å²) in [6, 6.07) is 0. The number of nitrogens with one attached hydrogen (secondary N) is 1. The first-order chi connectivity index (χ1) is 7.10. The van der Waals surface area contributed by atoms with Gasteiger partial charge in [-0.15, -0.1) is 11.3 Å². The molecule has 0 spiro atoms. The molecule has 1 aromatic heterocycles. The van der Waals surface area contributed by atoms with Crippen molar-refractivity contribution in [1.82, 2.24) is 4.98 Å². The molecular weight excluding hydrogens is 232 g/mol. The Hall–Kier alpha value is -0.620. The predicted molar refractivity (Wildman–Crippen MR) is 63.6 cm³/mol. The molecule has 0 amide bonds. The molecule has 0 aromatic carbocycles. The van der Waals surface area contributed by atoms with Crippen LogP contribution in [0.1, 0.15) is 33.1 Å². The van der Waals surface area contributed by atoms with Crippen LogP contribution < -0.4 is 4.72 Å². The van der Waals surface area contributed by atoms with Gasteiger partial charge >= 0.3 is 0 Å². The molecule has 1 N–H and O–H groups in total. The molecule has 1 aromatic rings. The third-order valence-corrected chi connectivity index (χ3v) is 4.91. The monoisotopic (exact) mass is 248 g/mol. The van der Waals surface area contributed by atoms with Gasteiger partial charge in [0.25, 0.3) is 0 Å². The highest BCUT2D eigenvalue weighted by molar-refractivity contribution is 7.93. The smallest absolute Gasteiger partial charge is 0.237 e. The van der Waals surface area contributed by atoms with Crippen molar-refractivity contribution in [1.29, 1.82) is 0 Å². The maximum absolute atomic E-state index is 11.9. The number of rotatable bonds is 6. The summed E-state index contributed by atoms with van der Waals surface area (Å²) < 4.78 is 26.3. The largest absolute Gasteiger partial charge is 0.258 e. The molecule has 1 rings (SSSR count). The van der Waals surface area contributed by atoms with E-state index in [2.05, 4.69) is 9.71 Å². The number of sulfonamides is 1. The van der Waals surface area contributed by atoms with Crippen LogP contribution in [-0.4, -0.2) is 18.7 Å². The molecule has 86 valence electrons. The van der Waals surface area contributed by atoms with Gasteiger partial charge in [-0.25, -0.2) is 13.4 Å². The number of aromatic nitrogens is 1. The fraction of sp³-hybridized carbons (Fsp3) is 0.667. The van der Waals surface area contributed by atoms with Crippen molar-refractivity contribution in [3.8, 4) is 0 Å². The second-order valence-corrected chi connectivity index (χ2v) is 6.16. The van der Waals surface area contributed by atoms with Gasteiger partial charge in [-0.2, -0.15) is 0 Å². The number of hydrogen-bond donors (Lipinski definition) is 1. The van der Waals surface area contributed by atoms with Gasteiger partial charge in [0.2, 0.25) is 10.0 Å². The Morgan fingerprint density at radius 1 is 1.53 bits per heavy atom. The molecular formula is C9H16N2O2S2. The van der Waals surface area contributed by atoms with Crippen LogP contribution in [0.15, 0.2) is 11.6 Å². The number of hydrogen-bond acceptors (Lipinski definition) is 4. The van der Waals surface area contributed by atoms with Crippen molar-refractivity contribution in [2.75, 3.05) is 4.72 Å². The summed E-state index contributed by atoms with van der Waals surface area (Å²) >= 11 is 1.29. The lowest BCUT2D eigenvalue weighted by atomic mass is 10.2. The minimum Gasteiger partial charge on any atom is -0.258 e. The van der Waals surface area contributed by atoms with Crippen molar-refractivity contribution in [2.45, 2.75) is 38.4 Å². The van der Waals surface area contributed by atoms with Crippen LogP contribution in [0.5, 0.6) is 0 Å². The van der Waals surface area contributed by atoms with E-state index >= 15 is 0 Å². The van der Waals surface area contributed by atoms with E-state index in [1.807, 2.05) is 13.8 Å². The number of nitrogens with zero attached hydrogens (tertiary/aromatic N) is 1. The Bertz CT molecular complexity index is 373. The average Bonchev–Trinajstić information content (AvgIpc) is 2.65. The molecule has 0 bridgehead atoms. The predicted octanol–water partition coefficient (Wildman–Crippen LogP) is 2.46. The van der Waals surface area contributed by atoms with Crippen molar-refractivity contribution in [3.05, 3.63) is 11.6 Å². The van der Waals surface area contributed by atoms with Crippen LogP contribution in [0.3, 0.4) is 0 Å². The van der Waals surface area contributed by atoms with Crippen LogP contribution in [0, 0.1) is 0 Å². The van der Waals surface area contributed by atoms with Crippen molar-refractivity contribution >= 4 is 26.5 Å². The molecule has 0 saturated heterocycles. The standard InChI is InChI=1S/C9H16N2O2S2/c1-3-5-8(4-2)15(12,13)11-9-10-6-7-14-9/h6-8H,3-5H2,1-2H3,(H,10,11). The van der Waals surface area contributed by atoms with E-state index in [-0.39, 0.29) is 5.25 Å². The summed E-state index contributed by atoms with van der Waals surface area (Å²) in [5.41, 5.74) is 0. The molecule has 1 unspecified atom stereocenters. The number of anilines is 1. The molecule has 0 radical (unpaired) electrons. The summed E-state index contributed by atoms with van der Waals surface area (Å²) in [7, 11) is -3.26. The maximum Gasteiger partial charge on any atom is 0.237 e. The summed E-state index contributed by atoms with van der Waals surface area (Å²) in [5.74, 6) is 0.